The number of hydrogen-bond donors (Lipinski definition) is 2. The zero-order chi connectivity index (χ0) is 16.7. The maximum Gasteiger partial charge on any atom is 0.319 e. The van der Waals surface area contributed by atoms with Crippen molar-refractivity contribution < 1.29 is 14.0 Å². The maximum atomic E-state index is 12.9. The normalized spacial score (nSPS) is 20.0. The molecule has 2 aliphatic rings. The third-order valence-electron chi connectivity index (χ3n) is 4.32. The van der Waals surface area contributed by atoms with E-state index in [0.29, 0.717) is 24.4 Å². The topological polar surface area (TPSA) is 74.6 Å². The summed E-state index contributed by atoms with van der Waals surface area (Å²) < 4.78 is 5.33. The van der Waals surface area contributed by atoms with Gasteiger partial charge in [0, 0.05) is 0 Å². The molecule has 24 heavy (non-hydrogen) atoms. The summed E-state index contributed by atoms with van der Waals surface area (Å²) in [5.74, 6) is 0.634. The Balaban J connectivity index is 1.66. The van der Waals surface area contributed by atoms with Gasteiger partial charge in [0.25, 0.3) is 5.91 Å². The Morgan fingerprint density at radius 2 is 2.12 bits per heavy atom. The number of hydrogen-bond acceptors (Lipinski definition) is 3. The van der Waals surface area contributed by atoms with E-state index in [1.54, 1.807) is 17.2 Å². The van der Waals surface area contributed by atoms with Gasteiger partial charge in [0.2, 0.25) is 0 Å². The van der Waals surface area contributed by atoms with E-state index in [1.807, 2.05) is 37.3 Å². The van der Waals surface area contributed by atoms with Gasteiger partial charge in [-0.3, -0.25) is 4.79 Å². The number of benzene rings is 1. The van der Waals surface area contributed by atoms with Gasteiger partial charge in [-0.2, -0.15) is 0 Å². The molecular formula is C18H17N3O3. The molecule has 0 bridgehead atoms. The van der Waals surface area contributed by atoms with Gasteiger partial charge >= 0.3 is 6.03 Å². The van der Waals surface area contributed by atoms with Gasteiger partial charge in [-0.15, -0.1) is 0 Å². The number of carbonyl (C=O) groups excluding carboxylic acids is 2. The van der Waals surface area contributed by atoms with Gasteiger partial charge in [0.05, 0.1) is 36.7 Å². The first kappa shape index (κ1) is 14.6. The summed E-state index contributed by atoms with van der Waals surface area (Å²) in [6.45, 7) is 2.75. The molecule has 0 aliphatic carbocycles. The molecule has 2 aromatic rings. The minimum absolute atomic E-state index is 0.0830. The van der Waals surface area contributed by atoms with Crippen molar-refractivity contribution in [1.29, 1.82) is 0 Å². The molecule has 3 heterocycles. The molecule has 2 N–H and O–H groups in total. The van der Waals surface area contributed by atoms with Crippen LogP contribution in [-0.4, -0.2) is 23.4 Å². The molecule has 4 rings (SSSR count). The molecule has 1 atom stereocenters. The minimum atomic E-state index is -0.428. The zero-order valence-corrected chi connectivity index (χ0v) is 13.2. The lowest BCUT2D eigenvalue weighted by Gasteiger charge is -2.25. The molecule has 0 radical (unpaired) electrons. The fraction of sp³-hybridized carbons (Fsp3) is 0.222. The van der Waals surface area contributed by atoms with Crippen LogP contribution in [0.15, 0.2) is 58.3 Å². The summed E-state index contributed by atoms with van der Waals surface area (Å²) in [6.07, 6.45) is 1.59. The second kappa shape index (κ2) is 5.56. The van der Waals surface area contributed by atoms with Crippen LogP contribution in [0, 0.1) is 6.92 Å². The molecular weight excluding hydrogens is 306 g/mol. The van der Waals surface area contributed by atoms with Crippen molar-refractivity contribution in [3.05, 3.63) is 70.8 Å². The molecule has 0 fully saturated rings. The van der Waals surface area contributed by atoms with Crippen LogP contribution in [0.3, 0.4) is 0 Å². The lowest BCUT2D eigenvalue weighted by molar-refractivity contribution is -0.126. The number of carbonyl (C=O) groups is 2. The van der Waals surface area contributed by atoms with Crippen LogP contribution < -0.4 is 10.6 Å². The first-order valence-electron chi connectivity index (χ1n) is 7.80. The third-order valence-corrected chi connectivity index (χ3v) is 4.32. The van der Waals surface area contributed by atoms with E-state index in [4.69, 9.17) is 4.42 Å². The highest BCUT2D eigenvalue weighted by atomic mass is 16.3. The SMILES string of the molecule is Cc1cccc([C@@H]2NC(=O)NC3=C2C(=O)N(Cc2ccco2)C3)c1. The van der Waals surface area contributed by atoms with Crippen LogP contribution in [0.5, 0.6) is 0 Å². The predicted molar refractivity (Wildman–Crippen MR) is 86.7 cm³/mol. The second-order valence-electron chi connectivity index (χ2n) is 6.08. The first-order valence-corrected chi connectivity index (χ1v) is 7.80. The van der Waals surface area contributed by atoms with Crippen LogP contribution in [0.1, 0.15) is 22.9 Å². The number of aryl methyl sites for hydroxylation is 1. The number of furan rings is 1. The molecule has 1 aromatic carbocycles. The fourth-order valence-corrected chi connectivity index (χ4v) is 3.25. The Hall–Kier alpha value is -3.02. The highest BCUT2D eigenvalue weighted by Gasteiger charge is 2.40. The quantitative estimate of drug-likeness (QED) is 0.909. The smallest absolute Gasteiger partial charge is 0.319 e. The van der Waals surface area contributed by atoms with E-state index in [9.17, 15) is 9.59 Å². The summed E-state index contributed by atoms with van der Waals surface area (Å²) in [7, 11) is 0. The molecule has 0 saturated carbocycles. The Bertz CT molecular complexity index is 839. The molecule has 3 amide bonds. The summed E-state index contributed by atoms with van der Waals surface area (Å²) in [5, 5.41) is 5.63. The van der Waals surface area contributed by atoms with E-state index in [0.717, 1.165) is 16.9 Å². The summed E-state index contributed by atoms with van der Waals surface area (Å²) >= 11 is 0. The minimum Gasteiger partial charge on any atom is -0.467 e. The van der Waals surface area contributed by atoms with Crippen LogP contribution in [0.25, 0.3) is 0 Å². The number of urea groups is 1. The predicted octanol–water partition coefficient (Wildman–Crippen LogP) is 2.24. The summed E-state index contributed by atoms with van der Waals surface area (Å²) in [4.78, 5) is 26.6. The number of amides is 3. The number of nitrogens with zero attached hydrogens (tertiary/aromatic N) is 1. The molecule has 6 heteroatoms. The second-order valence-corrected chi connectivity index (χ2v) is 6.08. The van der Waals surface area contributed by atoms with E-state index in [2.05, 4.69) is 10.6 Å². The standard InChI is InChI=1S/C18H17N3O3/c1-11-4-2-5-12(8-11)16-15-14(19-18(23)20-16)10-21(17(15)22)9-13-6-3-7-24-13/h2-8,16H,9-10H2,1H3,(H2,19,20,23)/t16-/m0/s1. The van der Waals surface area contributed by atoms with Crippen molar-refractivity contribution in [1.82, 2.24) is 15.5 Å². The monoisotopic (exact) mass is 323 g/mol. The zero-order valence-electron chi connectivity index (χ0n) is 13.2. The Morgan fingerprint density at radius 1 is 1.25 bits per heavy atom. The molecule has 0 unspecified atom stereocenters. The van der Waals surface area contributed by atoms with Crippen molar-refractivity contribution in [2.45, 2.75) is 19.5 Å². The van der Waals surface area contributed by atoms with Crippen molar-refractivity contribution in [3.8, 4) is 0 Å². The molecule has 0 spiro atoms. The summed E-state index contributed by atoms with van der Waals surface area (Å²) in [5.41, 5.74) is 3.26. The van der Waals surface area contributed by atoms with Crippen molar-refractivity contribution >= 4 is 11.9 Å². The lowest BCUT2D eigenvalue weighted by atomic mass is 9.95. The van der Waals surface area contributed by atoms with Gasteiger partial charge < -0.3 is 20.0 Å². The molecule has 2 aliphatic heterocycles. The lowest BCUT2D eigenvalue weighted by Crippen LogP contribution is -2.44. The third kappa shape index (κ3) is 2.46. The van der Waals surface area contributed by atoms with E-state index in [1.165, 1.54) is 0 Å². The molecule has 0 saturated heterocycles. The molecule has 6 nitrogen and oxygen atoms in total. The molecule has 122 valence electrons. The van der Waals surface area contributed by atoms with Gasteiger partial charge in [-0.25, -0.2) is 4.79 Å². The van der Waals surface area contributed by atoms with Crippen molar-refractivity contribution in [2.75, 3.05) is 6.54 Å². The van der Waals surface area contributed by atoms with E-state index >= 15 is 0 Å². The fourth-order valence-electron chi connectivity index (χ4n) is 3.25. The van der Waals surface area contributed by atoms with Crippen LogP contribution in [-0.2, 0) is 11.3 Å². The highest BCUT2D eigenvalue weighted by molar-refractivity contribution is 6.01. The van der Waals surface area contributed by atoms with Crippen molar-refractivity contribution in [3.63, 3.8) is 0 Å². The average Bonchev–Trinajstić information content (AvgIpc) is 3.16. The van der Waals surface area contributed by atoms with Crippen LogP contribution in [0.2, 0.25) is 0 Å². The van der Waals surface area contributed by atoms with Crippen LogP contribution >= 0.6 is 0 Å². The Kier molecular flexibility index (Phi) is 3.37. The maximum absolute atomic E-state index is 12.9. The first-order chi connectivity index (χ1) is 11.6. The van der Waals surface area contributed by atoms with E-state index in [-0.39, 0.29) is 11.9 Å². The largest absolute Gasteiger partial charge is 0.467 e. The van der Waals surface area contributed by atoms with Crippen molar-refractivity contribution in [2.24, 2.45) is 0 Å². The average molecular weight is 323 g/mol. The molecule has 1 aromatic heterocycles. The Morgan fingerprint density at radius 3 is 2.88 bits per heavy atom. The van der Waals surface area contributed by atoms with Gasteiger partial charge in [-0.1, -0.05) is 29.8 Å². The van der Waals surface area contributed by atoms with Gasteiger partial charge in [-0.05, 0) is 24.6 Å². The van der Waals surface area contributed by atoms with E-state index < -0.39 is 6.04 Å². The van der Waals surface area contributed by atoms with Gasteiger partial charge in [0.15, 0.2) is 0 Å². The Labute approximate surface area is 139 Å². The number of nitrogens with one attached hydrogen (secondary N) is 2. The summed E-state index contributed by atoms with van der Waals surface area (Å²) in [6, 6.07) is 10.7. The highest BCUT2D eigenvalue weighted by Crippen LogP contribution is 2.33. The van der Waals surface area contributed by atoms with Gasteiger partial charge in [0.1, 0.15) is 5.76 Å². The number of rotatable bonds is 3. The van der Waals surface area contributed by atoms with Crippen LogP contribution in [0.4, 0.5) is 4.79 Å².